The van der Waals surface area contributed by atoms with Gasteiger partial charge in [0, 0.05) is 91.6 Å². The highest BCUT2D eigenvalue weighted by Crippen LogP contribution is 2.29. The molecule has 36 heavy (non-hydrogen) atoms. The van der Waals surface area contributed by atoms with Gasteiger partial charge < -0.3 is 19.7 Å². The number of benzene rings is 1. The predicted octanol–water partition coefficient (Wildman–Crippen LogP) is 4.19. The summed E-state index contributed by atoms with van der Waals surface area (Å²) in [5, 5.41) is 4.36. The predicted molar refractivity (Wildman–Crippen MR) is 151 cm³/mol. The minimum absolute atomic E-state index is 0.630. The maximum Gasteiger partial charge on any atom is 0.145 e. The summed E-state index contributed by atoms with van der Waals surface area (Å²) in [7, 11) is 5.31. The first-order valence-corrected chi connectivity index (χ1v) is 14.0. The molecule has 1 fully saturated rings. The van der Waals surface area contributed by atoms with Crippen LogP contribution in [0.5, 0.6) is 0 Å². The summed E-state index contributed by atoms with van der Waals surface area (Å²) >= 11 is 0. The second-order valence-electron chi connectivity index (χ2n) is 9.48. The van der Waals surface area contributed by atoms with E-state index in [0.717, 1.165) is 78.1 Å². The zero-order valence-corrected chi connectivity index (χ0v) is 22.1. The van der Waals surface area contributed by atoms with E-state index in [2.05, 4.69) is 68.4 Å². The highest BCUT2D eigenvalue weighted by atomic mass is 32.2. The number of nitrogens with zero attached hydrogens (tertiary/aromatic N) is 5. The molecule has 0 saturated carbocycles. The Kier molecular flexibility index (Phi) is 7.34. The number of nitrogens with one attached hydrogen (secondary N) is 1. The summed E-state index contributed by atoms with van der Waals surface area (Å²) in [4.78, 5) is 14.1. The van der Waals surface area contributed by atoms with Crippen LogP contribution in [0.25, 0.3) is 28.0 Å². The lowest BCUT2D eigenvalue weighted by Gasteiger charge is -2.25. The second kappa shape index (κ2) is 10.8. The first-order chi connectivity index (χ1) is 17.5. The zero-order valence-electron chi connectivity index (χ0n) is 21.3. The smallest absolute Gasteiger partial charge is 0.145 e. The van der Waals surface area contributed by atoms with E-state index in [9.17, 15) is 4.21 Å². The van der Waals surface area contributed by atoms with E-state index in [4.69, 9.17) is 4.98 Å². The molecule has 7 nitrogen and oxygen atoms in total. The van der Waals surface area contributed by atoms with Crippen molar-refractivity contribution in [2.45, 2.75) is 12.8 Å². The van der Waals surface area contributed by atoms with Gasteiger partial charge in [-0.1, -0.05) is 12.1 Å². The molecule has 8 heteroatoms. The summed E-state index contributed by atoms with van der Waals surface area (Å²) in [5.74, 6) is 2.52. The molecular formula is C28H34N6OS. The third-order valence-electron chi connectivity index (χ3n) is 6.86. The van der Waals surface area contributed by atoms with Crippen LogP contribution in [0.4, 0.5) is 11.5 Å². The Bertz CT molecular complexity index is 1350. The summed E-state index contributed by atoms with van der Waals surface area (Å²) in [5.41, 5.74) is 6.45. The van der Waals surface area contributed by atoms with Gasteiger partial charge >= 0.3 is 0 Å². The monoisotopic (exact) mass is 502 g/mol. The number of aromatic nitrogens is 3. The van der Waals surface area contributed by atoms with Gasteiger partial charge in [0.15, 0.2) is 0 Å². The molecule has 1 saturated heterocycles. The van der Waals surface area contributed by atoms with Crippen LogP contribution in [0.1, 0.15) is 12.0 Å². The van der Waals surface area contributed by atoms with Gasteiger partial charge in [0.2, 0.25) is 0 Å². The molecule has 3 aromatic heterocycles. The van der Waals surface area contributed by atoms with Gasteiger partial charge in [-0.2, -0.15) is 0 Å². The van der Waals surface area contributed by atoms with Crippen molar-refractivity contribution < 1.29 is 4.21 Å². The number of fused-ring (bicyclic) bond motifs is 1. The zero-order chi connectivity index (χ0) is 25.1. The van der Waals surface area contributed by atoms with Crippen molar-refractivity contribution in [2.24, 2.45) is 0 Å². The van der Waals surface area contributed by atoms with Gasteiger partial charge in [-0.25, -0.2) is 9.97 Å². The molecular weight excluding hydrogens is 468 g/mol. The number of aryl methyl sites for hydroxylation is 1. The van der Waals surface area contributed by atoms with Crippen LogP contribution in [0, 0.1) is 0 Å². The van der Waals surface area contributed by atoms with E-state index >= 15 is 0 Å². The number of pyridine rings is 2. The minimum atomic E-state index is -0.630. The molecule has 1 aliphatic rings. The molecule has 0 bridgehead atoms. The Morgan fingerprint density at radius 3 is 2.56 bits per heavy atom. The largest absolute Gasteiger partial charge is 0.388 e. The molecule has 4 aromatic rings. The number of hydrogen-bond donors (Lipinski definition) is 1. The maximum atomic E-state index is 11.7. The van der Waals surface area contributed by atoms with Gasteiger partial charge in [0.05, 0.1) is 11.4 Å². The molecule has 0 amide bonds. The van der Waals surface area contributed by atoms with Gasteiger partial charge in [-0.3, -0.25) is 4.21 Å². The summed E-state index contributed by atoms with van der Waals surface area (Å²) in [6.07, 6.45) is 6.15. The topological polar surface area (TPSA) is 66.3 Å². The van der Waals surface area contributed by atoms with Gasteiger partial charge in [-0.15, -0.1) is 0 Å². The van der Waals surface area contributed by atoms with Crippen molar-refractivity contribution >= 4 is 33.3 Å². The average Bonchev–Trinajstić information content (AvgIpc) is 3.28. The van der Waals surface area contributed by atoms with Crippen LogP contribution in [0.15, 0.2) is 60.9 Å². The molecule has 0 atom stereocenters. The van der Waals surface area contributed by atoms with Gasteiger partial charge in [-0.05, 0) is 55.3 Å². The van der Waals surface area contributed by atoms with Crippen molar-refractivity contribution in [2.75, 3.05) is 62.5 Å². The fraction of sp³-hybridized carbons (Fsp3) is 0.357. The minimum Gasteiger partial charge on any atom is -0.388 e. The Labute approximate surface area is 215 Å². The number of anilines is 2. The fourth-order valence-corrected chi connectivity index (χ4v) is 5.86. The van der Waals surface area contributed by atoms with E-state index in [-0.39, 0.29) is 0 Å². The lowest BCUT2D eigenvalue weighted by molar-refractivity contribution is 0.296. The normalized spacial score (nSPS) is 14.9. The molecule has 188 valence electrons. The Balaban J connectivity index is 1.48. The summed E-state index contributed by atoms with van der Waals surface area (Å²) < 4.78 is 13.9. The SMILES string of the molecule is CNc1ccc(-c2ccc3c(CCCN4CCS(=O)CC4)cn(-c4ccnc(N(C)C)c4)c3n2)cc1. The molecule has 5 rings (SSSR count). The van der Waals surface area contributed by atoms with Crippen LogP contribution in [0.2, 0.25) is 0 Å². The van der Waals surface area contributed by atoms with Crippen molar-refractivity contribution in [3.05, 3.63) is 66.5 Å². The third-order valence-corrected chi connectivity index (χ3v) is 8.14. The molecule has 4 heterocycles. The van der Waals surface area contributed by atoms with Crippen molar-refractivity contribution in [3.8, 4) is 16.9 Å². The fourth-order valence-electron chi connectivity index (χ4n) is 4.73. The second-order valence-corrected chi connectivity index (χ2v) is 11.2. The lowest BCUT2D eigenvalue weighted by Crippen LogP contribution is -2.38. The van der Waals surface area contributed by atoms with E-state index in [1.165, 1.54) is 10.9 Å². The van der Waals surface area contributed by atoms with E-state index in [1.54, 1.807) is 0 Å². The number of rotatable bonds is 8. The van der Waals surface area contributed by atoms with Gasteiger partial charge in [0.25, 0.3) is 0 Å². The van der Waals surface area contributed by atoms with E-state index in [1.807, 2.05) is 38.3 Å². The highest BCUT2D eigenvalue weighted by Gasteiger charge is 2.17. The molecule has 0 spiro atoms. The van der Waals surface area contributed by atoms with E-state index < -0.39 is 10.8 Å². The van der Waals surface area contributed by atoms with Crippen molar-refractivity contribution in [3.63, 3.8) is 0 Å². The molecule has 1 N–H and O–H groups in total. The number of hydrogen-bond acceptors (Lipinski definition) is 6. The molecule has 1 aromatic carbocycles. The lowest BCUT2D eigenvalue weighted by atomic mass is 10.1. The molecule has 0 aliphatic carbocycles. The highest BCUT2D eigenvalue weighted by molar-refractivity contribution is 7.85. The van der Waals surface area contributed by atoms with Crippen LogP contribution in [-0.4, -0.2) is 75.9 Å². The van der Waals surface area contributed by atoms with Crippen molar-refractivity contribution in [1.29, 1.82) is 0 Å². The molecule has 1 aliphatic heterocycles. The Hall–Kier alpha value is -3.23. The van der Waals surface area contributed by atoms with E-state index in [0.29, 0.717) is 0 Å². The maximum absolute atomic E-state index is 11.7. The Morgan fingerprint density at radius 2 is 1.83 bits per heavy atom. The first-order valence-electron chi connectivity index (χ1n) is 12.5. The molecule has 0 radical (unpaired) electrons. The van der Waals surface area contributed by atoms with Gasteiger partial charge in [0.1, 0.15) is 11.5 Å². The summed E-state index contributed by atoms with van der Waals surface area (Å²) in [6.45, 7) is 2.92. The molecule has 0 unspecified atom stereocenters. The first kappa shape index (κ1) is 24.5. The average molecular weight is 503 g/mol. The van der Waals surface area contributed by atoms with Crippen LogP contribution in [0.3, 0.4) is 0 Å². The quantitative estimate of drug-likeness (QED) is 0.390. The van der Waals surface area contributed by atoms with Crippen LogP contribution >= 0.6 is 0 Å². The Morgan fingerprint density at radius 1 is 1.06 bits per heavy atom. The standard InChI is InChI=1S/C28H34N6OS/c1-29-23-8-6-21(7-9-23)26-11-10-25-22(5-4-14-33-15-17-36(35)18-16-33)20-34(28(25)31-26)24-12-13-30-27(19-24)32(2)3/h6-13,19-20,29H,4-5,14-18H2,1-3H3. The van der Waals surface area contributed by atoms with Crippen LogP contribution < -0.4 is 10.2 Å². The van der Waals surface area contributed by atoms with Crippen LogP contribution in [-0.2, 0) is 17.2 Å². The third kappa shape index (κ3) is 5.29. The summed E-state index contributed by atoms with van der Waals surface area (Å²) in [6, 6.07) is 16.9. The van der Waals surface area contributed by atoms with Crippen molar-refractivity contribution in [1.82, 2.24) is 19.4 Å².